The van der Waals surface area contributed by atoms with Crippen molar-refractivity contribution in [3.8, 4) is 5.69 Å². The van der Waals surface area contributed by atoms with Crippen LogP contribution in [0.5, 0.6) is 0 Å². The number of hydrogen-bond acceptors (Lipinski definition) is 3. The third kappa shape index (κ3) is 1.99. The monoisotopic (exact) mass is 255 g/mol. The molecule has 0 aliphatic carbocycles. The highest BCUT2D eigenvalue weighted by molar-refractivity contribution is 6.32. The highest BCUT2D eigenvalue weighted by atomic mass is 35.5. The topological polar surface area (TPSA) is 61.0 Å². The summed E-state index contributed by atoms with van der Waals surface area (Å²) < 4.78 is 14.2. The minimum Gasteiger partial charge on any atom is -0.258 e. The van der Waals surface area contributed by atoms with Gasteiger partial charge in [-0.05, 0) is 25.1 Å². The fourth-order valence-corrected chi connectivity index (χ4v) is 1.82. The minimum absolute atomic E-state index is 0.141. The average Bonchev–Trinajstić information content (AvgIpc) is 2.54. The number of halogens is 2. The summed E-state index contributed by atoms with van der Waals surface area (Å²) in [5, 5.41) is 14.5. The maximum Gasteiger partial charge on any atom is 0.329 e. The zero-order valence-electron chi connectivity index (χ0n) is 8.72. The molecule has 0 atom stereocenters. The van der Waals surface area contributed by atoms with E-state index in [0.717, 1.165) is 4.68 Å². The van der Waals surface area contributed by atoms with Crippen molar-refractivity contribution < 1.29 is 9.31 Å². The van der Waals surface area contributed by atoms with Crippen LogP contribution in [0.15, 0.2) is 24.3 Å². The summed E-state index contributed by atoms with van der Waals surface area (Å²) in [7, 11) is 0. The first-order valence-corrected chi connectivity index (χ1v) is 5.04. The third-order valence-electron chi connectivity index (χ3n) is 2.21. The summed E-state index contributed by atoms with van der Waals surface area (Å²) in [6.45, 7) is 1.47. The number of aryl methyl sites for hydroxylation is 1. The van der Waals surface area contributed by atoms with Crippen LogP contribution in [0.1, 0.15) is 5.69 Å². The highest BCUT2D eigenvalue weighted by Crippen LogP contribution is 2.30. The Bertz CT molecular complexity index is 597. The van der Waals surface area contributed by atoms with Gasteiger partial charge in [-0.25, -0.2) is 9.07 Å². The van der Waals surface area contributed by atoms with Gasteiger partial charge in [-0.2, -0.15) is 5.10 Å². The third-order valence-corrected chi connectivity index (χ3v) is 2.55. The molecule has 7 heteroatoms. The van der Waals surface area contributed by atoms with Crippen molar-refractivity contribution in [2.24, 2.45) is 0 Å². The molecule has 0 saturated carbocycles. The second kappa shape index (κ2) is 4.14. The van der Waals surface area contributed by atoms with E-state index in [-0.39, 0.29) is 16.5 Å². The fraction of sp³-hybridized carbons (Fsp3) is 0.100. The predicted octanol–water partition coefficient (Wildman–Crippen LogP) is 2.88. The van der Waals surface area contributed by atoms with E-state index in [1.165, 1.54) is 25.1 Å². The summed E-state index contributed by atoms with van der Waals surface area (Å²) >= 11 is 5.85. The van der Waals surface area contributed by atoms with E-state index < -0.39 is 10.7 Å². The Hall–Kier alpha value is -1.95. The lowest BCUT2D eigenvalue weighted by Crippen LogP contribution is -1.97. The molecule has 0 amide bonds. The van der Waals surface area contributed by atoms with Crippen molar-refractivity contribution in [1.82, 2.24) is 9.78 Å². The standard InChI is InChI=1S/C10H7ClFN3O2/c1-6-9(15(16)17)10(11)14(13-6)8-4-2-3-7(12)5-8/h2-5H,1H3. The van der Waals surface area contributed by atoms with Gasteiger partial charge >= 0.3 is 5.69 Å². The molecule has 0 radical (unpaired) electrons. The van der Waals surface area contributed by atoms with E-state index in [2.05, 4.69) is 5.10 Å². The Morgan fingerprint density at radius 1 is 1.53 bits per heavy atom. The average molecular weight is 256 g/mol. The molecule has 1 aromatic heterocycles. The number of nitro groups is 1. The van der Waals surface area contributed by atoms with Gasteiger partial charge in [0.25, 0.3) is 0 Å². The zero-order chi connectivity index (χ0) is 12.6. The lowest BCUT2D eigenvalue weighted by atomic mass is 10.3. The predicted molar refractivity (Wildman–Crippen MR) is 59.9 cm³/mol. The molecular formula is C10H7ClFN3O2. The van der Waals surface area contributed by atoms with E-state index in [1.54, 1.807) is 6.07 Å². The van der Waals surface area contributed by atoms with Crippen LogP contribution in [-0.2, 0) is 0 Å². The molecule has 88 valence electrons. The molecule has 0 aliphatic heterocycles. The van der Waals surface area contributed by atoms with Gasteiger partial charge in [-0.1, -0.05) is 17.7 Å². The SMILES string of the molecule is Cc1nn(-c2cccc(F)c2)c(Cl)c1[N+](=O)[O-]. The molecule has 0 bridgehead atoms. The van der Waals surface area contributed by atoms with Crippen LogP contribution in [-0.4, -0.2) is 14.7 Å². The number of benzene rings is 1. The van der Waals surface area contributed by atoms with Gasteiger partial charge in [0, 0.05) is 0 Å². The van der Waals surface area contributed by atoms with Crippen molar-refractivity contribution in [3.05, 3.63) is 51.0 Å². The Labute approximate surface area is 101 Å². The van der Waals surface area contributed by atoms with Crippen molar-refractivity contribution in [3.63, 3.8) is 0 Å². The van der Waals surface area contributed by atoms with Crippen molar-refractivity contribution in [1.29, 1.82) is 0 Å². The fourth-order valence-electron chi connectivity index (χ4n) is 1.48. The quantitative estimate of drug-likeness (QED) is 0.612. The summed E-state index contributed by atoms with van der Waals surface area (Å²) in [6.07, 6.45) is 0. The first kappa shape index (κ1) is 11.5. The van der Waals surface area contributed by atoms with Gasteiger partial charge in [-0.3, -0.25) is 10.1 Å². The maximum atomic E-state index is 13.0. The number of rotatable bonds is 2. The second-order valence-electron chi connectivity index (χ2n) is 3.37. The van der Waals surface area contributed by atoms with Gasteiger partial charge < -0.3 is 0 Å². The molecule has 0 saturated heterocycles. The molecule has 0 spiro atoms. The Morgan fingerprint density at radius 3 is 2.76 bits per heavy atom. The Kier molecular flexibility index (Phi) is 2.81. The van der Waals surface area contributed by atoms with Crippen molar-refractivity contribution in [2.75, 3.05) is 0 Å². The van der Waals surface area contributed by atoms with Gasteiger partial charge in [0.1, 0.15) is 11.5 Å². The minimum atomic E-state index is -0.611. The van der Waals surface area contributed by atoms with E-state index in [9.17, 15) is 14.5 Å². The van der Waals surface area contributed by atoms with E-state index in [0.29, 0.717) is 5.69 Å². The summed E-state index contributed by atoms with van der Waals surface area (Å²) in [6, 6.07) is 5.50. The molecule has 1 aromatic carbocycles. The number of nitrogens with zero attached hydrogens (tertiary/aromatic N) is 3. The molecule has 2 aromatic rings. The van der Waals surface area contributed by atoms with E-state index in [1.807, 2.05) is 0 Å². The lowest BCUT2D eigenvalue weighted by Gasteiger charge is -2.01. The molecule has 0 aliphatic rings. The largest absolute Gasteiger partial charge is 0.329 e. The van der Waals surface area contributed by atoms with E-state index in [4.69, 9.17) is 11.6 Å². The highest BCUT2D eigenvalue weighted by Gasteiger charge is 2.24. The van der Waals surface area contributed by atoms with E-state index >= 15 is 0 Å². The first-order chi connectivity index (χ1) is 8.00. The van der Waals surface area contributed by atoms with Crippen LogP contribution in [0.2, 0.25) is 5.15 Å². The van der Waals surface area contributed by atoms with Crippen LogP contribution in [0, 0.1) is 22.9 Å². The molecule has 5 nitrogen and oxygen atoms in total. The molecule has 0 unspecified atom stereocenters. The van der Waals surface area contributed by atoms with Gasteiger partial charge in [0.15, 0.2) is 0 Å². The van der Waals surface area contributed by atoms with Crippen LogP contribution < -0.4 is 0 Å². The molecular weight excluding hydrogens is 249 g/mol. The second-order valence-corrected chi connectivity index (χ2v) is 3.73. The summed E-state index contributed by atoms with van der Waals surface area (Å²) in [5.74, 6) is -0.464. The smallest absolute Gasteiger partial charge is 0.258 e. The molecule has 0 fully saturated rings. The van der Waals surface area contributed by atoms with Crippen LogP contribution in [0.4, 0.5) is 10.1 Å². The molecule has 17 heavy (non-hydrogen) atoms. The van der Waals surface area contributed by atoms with Crippen molar-refractivity contribution in [2.45, 2.75) is 6.92 Å². The first-order valence-electron chi connectivity index (χ1n) is 4.66. The van der Waals surface area contributed by atoms with Crippen LogP contribution >= 0.6 is 11.6 Å². The van der Waals surface area contributed by atoms with Crippen LogP contribution in [0.25, 0.3) is 5.69 Å². The number of aromatic nitrogens is 2. The normalized spacial score (nSPS) is 10.5. The zero-order valence-corrected chi connectivity index (χ0v) is 9.48. The van der Waals surface area contributed by atoms with Gasteiger partial charge in [-0.15, -0.1) is 0 Å². The van der Waals surface area contributed by atoms with Gasteiger partial charge in [0.2, 0.25) is 5.15 Å². The van der Waals surface area contributed by atoms with Crippen LogP contribution in [0.3, 0.4) is 0 Å². The molecule has 0 N–H and O–H groups in total. The summed E-state index contributed by atoms with van der Waals surface area (Å²) in [5.41, 5.74) is 0.256. The maximum absolute atomic E-state index is 13.0. The lowest BCUT2D eigenvalue weighted by molar-refractivity contribution is -0.385. The number of hydrogen-bond donors (Lipinski definition) is 0. The Balaban J connectivity index is 2.62. The Morgan fingerprint density at radius 2 is 2.24 bits per heavy atom. The van der Waals surface area contributed by atoms with Gasteiger partial charge in [0.05, 0.1) is 10.6 Å². The molecule has 1 heterocycles. The van der Waals surface area contributed by atoms with Crippen molar-refractivity contribution >= 4 is 17.3 Å². The molecule has 2 rings (SSSR count). The summed E-state index contributed by atoms with van der Waals surface area (Å²) in [4.78, 5) is 10.1.